The van der Waals surface area contributed by atoms with Crippen LogP contribution in [0.3, 0.4) is 0 Å². The van der Waals surface area contributed by atoms with Crippen LogP contribution in [0.1, 0.15) is 17.3 Å². The van der Waals surface area contributed by atoms with Crippen LogP contribution in [0.2, 0.25) is 0 Å². The first-order valence-electron chi connectivity index (χ1n) is 7.08. The van der Waals surface area contributed by atoms with Gasteiger partial charge >= 0.3 is 5.97 Å². The van der Waals surface area contributed by atoms with E-state index in [0.29, 0.717) is 18.7 Å². The minimum absolute atomic E-state index is 0.0126. The molecule has 2 atom stereocenters. The van der Waals surface area contributed by atoms with E-state index in [4.69, 9.17) is 0 Å². The number of hydrogen-bond acceptors (Lipinski definition) is 2. The average Bonchev–Trinajstić information content (AvgIpc) is 2.88. The van der Waals surface area contributed by atoms with Crippen LogP contribution in [0.5, 0.6) is 0 Å². The normalized spacial score (nSPS) is 21.7. The Bertz CT molecular complexity index is 705. The minimum atomic E-state index is -0.823. The molecule has 2 unspecified atom stereocenters. The highest BCUT2D eigenvalue weighted by Crippen LogP contribution is 2.27. The maximum Gasteiger partial charge on any atom is 0.308 e. The van der Waals surface area contributed by atoms with Crippen LogP contribution >= 0.6 is 0 Å². The first kappa shape index (κ1) is 13.6. The summed E-state index contributed by atoms with van der Waals surface area (Å²) in [5, 5.41) is 11.1. The van der Waals surface area contributed by atoms with Crippen molar-refractivity contribution in [2.75, 3.05) is 13.1 Å². The third-order valence-corrected chi connectivity index (χ3v) is 4.24. The zero-order chi connectivity index (χ0) is 15.0. The topological polar surface area (TPSA) is 57.6 Å². The Labute approximate surface area is 123 Å². The maximum absolute atomic E-state index is 12.7. The monoisotopic (exact) mass is 283 g/mol. The fourth-order valence-electron chi connectivity index (χ4n) is 3.04. The van der Waals surface area contributed by atoms with E-state index in [1.807, 2.05) is 49.4 Å². The van der Waals surface area contributed by atoms with Gasteiger partial charge in [0, 0.05) is 18.7 Å². The summed E-state index contributed by atoms with van der Waals surface area (Å²) in [6.45, 7) is 2.67. The second-order valence-electron chi connectivity index (χ2n) is 5.66. The summed E-state index contributed by atoms with van der Waals surface area (Å²) in [7, 11) is 0. The molecule has 0 bridgehead atoms. The number of benzene rings is 2. The third kappa shape index (κ3) is 2.37. The molecule has 3 rings (SSSR count). The van der Waals surface area contributed by atoms with Crippen molar-refractivity contribution in [3.63, 3.8) is 0 Å². The summed E-state index contributed by atoms with van der Waals surface area (Å²) in [6.07, 6.45) is 0. The molecule has 1 heterocycles. The highest BCUT2D eigenvalue weighted by atomic mass is 16.4. The zero-order valence-corrected chi connectivity index (χ0v) is 11.8. The van der Waals surface area contributed by atoms with Crippen LogP contribution in [-0.4, -0.2) is 35.0 Å². The van der Waals surface area contributed by atoms with Crippen molar-refractivity contribution < 1.29 is 14.7 Å². The van der Waals surface area contributed by atoms with Gasteiger partial charge in [0.25, 0.3) is 5.91 Å². The SMILES string of the molecule is CC1CN(C(=O)c2cccc3ccccc23)CC1C(=O)O. The van der Waals surface area contributed by atoms with Gasteiger partial charge in [0.05, 0.1) is 5.92 Å². The Kier molecular flexibility index (Phi) is 3.37. The van der Waals surface area contributed by atoms with Crippen molar-refractivity contribution in [2.24, 2.45) is 11.8 Å². The van der Waals surface area contributed by atoms with Crippen molar-refractivity contribution >= 4 is 22.6 Å². The minimum Gasteiger partial charge on any atom is -0.481 e. The van der Waals surface area contributed by atoms with Crippen LogP contribution in [0.25, 0.3) is 10.8 Å². The van der Waals surface area contributed by atoms with Crippen LogP contribution in [0.15, 0.2) is 42.5 Å². The molecule has 1 amide bonds. The van der Waals surface area contributed by atoms with Crippen molar-refractivity contribution in [1.29, 1.82) is 0 Å². The lowest BCUT2D eigenvalue weighted by Gasteiger charge is -2.17. The molecule has 0 saturated carbocycles. The van der Waals surface area contributed by atoms with Gasteiger partial charge in [-0.1, -0.05) is 43.3 Å². The first-order chi connectivity index (χ1) is 10.1. The van der Waals surface area contributed by atoms with Gasteiger partial charge in [0.2, 0.25) is 0 Å². The van der Waals surface area contributed by atoms with E-state index in [0.717, 1.165) is 10.8 Å². The van der Waals surface area contributed by atoms with Crippen LogP contribution in [0, 0.1) is 11.8 Å². The van der Waals surface area contributed by atoms with Crippen molar-refractivity contribution in [1.82, 2.24) is 4.90 Å². The number of nitrogens with zero attached hydrogens (tertiary/aromatic N) is 1. The molecule has 4 nitrogen and oxygen atoms in total. The van der Waals surface area contributed by atoms with E-state index in [1.54, 1.807) is 4.90 Å². The fourth-order valence-corrected chi connectivity index (χ4v) is 3.04. The Morgan fingerprint density at radius 1 is 1.10 bits per heavy atom. The molecule has 2 aromatic rings. The summed E-state index contributed by atoms with van der Waals surface area (Å²) in [5.74, 6) is -1.39. The Morgan fingerprint density at radius 3 is 2.52 bits per heavy atom. The largest absolute Gasteiger partial charge is 0.481 e. The lowest BCUT2D eigenvalue weighted by atomic mass is 9.99. The molecule has 0 aromatic heterocycles. The molecular formula is C17H17NO3. The molecule has 1 aliphatic rings. The number of aliphatic carboxylic acids is 1. The second kappa shape index (κ2) is 5.20. The van der Waals surface area contributed by atoms with Gasteiger partial charge in [-0.05, 0) is 22.8 Å². The molecule has 0 radical (unpaired) electrons. The molecular weight excluding hydrogens is 266 g/mol. The van der Waals surface area contributed by atoms with Gasteiger partial charge in [-0.2, -0.15) is 0 Å². The third-order valence-electron chi connectivity index (χ3n) is 4.24. The van der Waals surface area contributed by atoms with E-state index in [-0.39, 0.29) is 11.8 Å². The van der Waals surface area contributed by atoms with E-state index >= 15 is 0 Å². The molecule has 1 fully saturated rings. The molecule has 2 aromatic carbocycles. The average molecular weight is 283 g/mol. The number of amides is 1. The smallest absolute Gasteiger partial charge is 0.308 e. The standard InChI is InChI=1S/C17H17NO3/c1-11-9-18(10-15(11)17(20)21)16(19)14-8-4-6-12-5-2-3-7-13(12)14/h2-8,11,15H,9-10H2,1H3,(H,20,21). The molecule has 1 aliphatic heterocycles. The number of carbonyl (C=O) groups excluding carboxylic acids is 1. The lowest BCUT2D eigenvalue weighted by Crippen LogP contribution is -2.30. The highest BCUT2D eigenvalue weighted by Gasteiger charge is 2.37. The summed E-state index contributed by atoms with van der Waals surface area (Å²) >= 11 is 0. The Morgan fingerprint density at radius 2 is 1.81 bits per heavy atom. The second-order valence-corrected chi connectivity index (χ2v) is 5.66. The van der Waals surface area contributed by atoms with Gasteiger partial charge < -0.3 is 10.0 Å². The van der Waals surface area contributed by atoms with Gasteiger partial charge in [0.1, 0.15) is 0 Å². The molecule has 1 saturated heterocycles. The summed E-state index contributed by atoms with van der Waals surface area (Å²) in [4.78, 5) is 25.6. The van der Waals surface area contributed by atoms with Gasteiger partial charge in [-0.3, -0.25) is 9.59 Å². The molecule has 1 N–H and O–H groups in total. The quantitative estimate of drug-likeness (QED) is 0.921. The van der Waals surface area contributed by atoms with Gasteiger partial charge in [-0.25, -0.2) is 0 Å². The van der Waals surface area contributed by atoms with Crippen molar-refractivity contribution in [3.8, 4) is 0 Å². The predicted molar refractivity (Wildman–Crippen MR) is 80.1 cm³/mol. The van der Waals surface area contributed by atoms with Crippen molar-refractivity contribution in [3.05, 3.63) is 48.0 Å². The van der Waals surface area contributed by atoms with Crippen molar-refractivity contribution in [2.45, 2.75) is 6.92 Å². The molecule has 0 aliphatic carbocycles. The summed E-state index contributed by atoms with van der Waals surface area (Å²) < 4.78 is 0. The van der Waals surface area contributed by atoms with E-state index in [1.165, 1.54) is 0 Å². The Hall–Kier alpha value is -2.36. The summed E-state index contributed by atoms with van der Waals surface area (Å²) in [6, 6.07) is 13.4. The van der Waals surface area contributed by atoms with Crippen LogP contribution in [0.4, 0.5) is 0 Å². The maximum atomic E-state index is 12.7. The van der Waals surface area contributed by atoms with E-state index in [9.17, 15) is 14.7 Å². The number of carbonyl (C=O) groups is 2. The van der Waals surface area contributed by atoms with Gasteiger partial charge in [-0.15, -0.1) is 0 Å². The number of likely N-dealkylation sites (tertiary alicyclic amines) is 1. The van der Waals surface area contributed by atoms with E-state index in [2.05, 4.69) is 0 Å². The Balaban J connectivity index is 1.93. The van der Waals surface area contributed by atoms with E-state index < -0.39 is 11.9 Å². The highest BCUT2D eigenvalue weighted by molar-refractivity contribution is 6.07. The predicted octanol–water partition coefficient (Wildman–Crippen LogP) is 2.63. The van der Waals surface area contributed by atoms with Gasteiger partial charge in [0.15, 0.2) is 0 Å². The number of fused-ring (bicyclic) bond motifs is 1. The fraction of sp³-hybridized carbons (Fsp3) is 0.294. The molecule has 108 valence electrons. The zero-order valence-electron chi connectivity index (χ0n) is 11.8. The molecule has 0 spiro atoms. The lowest BCUT2D eigenvalue weighted by molar-refractivity contribution is -0.142. The number of rotatable bonds is 2. The van der Waals surface area contributed by atoms with Crippen LogP contribution < -0.4 is 0 Å². The summed E-state index contributed by atoms with van der Waals surface area (Å²) in [5.41, 5.74) is 0.645. The number of hydrogen-bond donors (Lipinski definition) is 1. The number of carboxylic acids is 1. The molecule has 21 heavy (non-hydrogen) atoms. The molecule has 4 heteroatoms. The number of carboxylic acid groups (broad SMARTS) is 1. The van der Waals surface area contributed by atoms with Crippen LogP contribution in [-0.2, 0) is 4.79 Å². The first-order valence-corrected chi connectivity index (χ1v) is 7.08.